The van der Waals surface area contributed by atoms with E-state index in [2.05, 4.69) is 21.2 Å². The highest BCUT2D eigenvalue weighted by Gasteiger charge is 2.12. The molecule has 0 saturated heterocycles. The van der Waals surface area contributed by atoms with Gasteiger partial charge in [-0.1, -0.05) is 15.9 Å². The zero-order valence-electron chi connectivity index (χ0n) is 8.46. The molecule has 0 spiro atoms. The second kappa shape index (κ2) is 5.07. The van der Waals surface area contributed by atoms with Crippen molar-refractivity contribution in [2.45, 2.75) is 11.8 Å². The molecule has 6 heteroatoms. The highest BCUT2D eigenvalue weighted by Crippen LogP contribution is 2.15. The number of nitrogens with two attached hydrogens (primary N) is 1. The molecule has 0 bridgehead atoms. The normalized spacial score (nSPS) is 11.9. The Morgan fingerprint density at radius 2 is 2.12 bits per heavy atom. The Balaban J connectivity index is 2.90. The molecule has 1 atom stereocenters. The molecule has 0 aromatic heterocycles. The molecule has 1 aromatic carbocycles. The number of hydrogen-bond acceptors (Lipinski definition) is 2. The Morgan fingerprint density at radius 1 is 1.50 bits per heavy atom. The van der Waals surface area contributed by atoms with E-state index >= 15 is 0 Å². The third-order valence-corrected chi connectivity index (χ3v) is 2.28. The van der Waals surface area contributed by atoms with Crippen LogP contribution in [0.2, 0.25) is 0 Å². The number of halogens is 2. The van der Waals surface area contributed by atoms with E-state index < -0.39 is 11.7 Å². The van der Waals surface area contributed by atoms with E-state index in [0.29, 0.717) is 0 Å². The van der Waals surface area contributed by atoms with Crippen LogP contribution in [0.3, 0.4) is 0 Å². The predicted molar refractivity (Wildman–Crippen MR) is 61.9 cm³/mol. The lowest BCUT2D eigenvalue weighted by Crippen LogP contribution is -2.20. The van der Waals surface area contributed by atoms with Crippen molar-refractivity contribution in [3.8, 4) is 0 Å². The third kappa shape index (κ3) is 3.03. The molecule has 16 heavy (non-hydrogen) atoms. The molecule has 0 saturated carbocycles. The SMILES string of the molecule is C[C@@H](Br)C(=O)Nc1ccc(C(N)=O)c(F)c1. The number of rotatable bonds is 3. The van der Waals surface area contributed by atoms with Crippen LogP contribution in [0.5, 0.6) is 0 Å². The highest BCUT2D eigenvalue weighted by molar-refractivity contribution is 9.10. The lowest BCUT2D eigenvalue weighted by atomic mass is 10.2. The Labute approximate surface area is 100 Å². The largest absolute Gasteiger partial charge is 0.366 e. The van der Waals surface area contributed by atoms with Crippen LogP contribution < -0.4 is 11.1 Å². The Kier molecular flexibility index (Phi) is 4.00. The van der Waals surface area contributed by atoms with Gasteiger partial charge in [-0.2, -0.15) is 0 Å². The molecule has 1 aromatic rings. The monoisotopic (exact) mass is 288 g/mol. The summed E-state index contributed by atoms with van der Waals surface area (Å²) in [6, 6.07) is 3.69. The van der Waals surface area contributed by atoms with Gasteiger partial charge in [-0.05, 0) is 25.1 Å². The van der Waals surface area contributed by atoms with E-state index in [9.17, 15) is 14.0 Å². The van der Waals surface area contributed by atoms with Crippen LogP contribution in [0.4, 0.5) is 10.1 Å². The number of hydrogen-bond donors (Lipinski definition) is 2. The van der Waals surface area contributed by atoms with Gasteiger partial charge in [0.1, 0.15) is 5.82 Å². The Hall–Kier alpha value is -1.43. The van der Waals surface area contributed by atoms with E-state index in [0.717, 1.165) is 6.07 Å². The summed E-state index contributed by atoms with van der Waals surface area (Å²) in [5.74, 6) is -1.90. The van der Waals surface area contributed by atoms with Gasteiger partial charge in [-0.25, -0.2) is 4.39 Å². The fraction of sp³-hybridized carbons (Fsp3) is 0.200. The molecule has 4 nitrogen and oxygen atoms in total. The molecular formula is C10H10BrFN2O2. The molecule has 0 fully saturated rings. The minimum atomic E-state index is -0.843. The number of alkyl halides is 1. The summed E-state index contributed by atoms with van der Waals surface area (Å²) in [7, 11) is 0. The van der Waals surface area contributed by atoms with Gasteiger partial charge in [0.2, 0.25) is 5.91 Å². The van der Waals surface area contributed by atoms with Crippen LogP contribution in [0.15, 0.2) is 18.2 Å². The zero-order valence-corrected chi connectivity index (χ0v) is 10.0. The zero-order chi connectivity index (χ0) is 12.3. The van der Waals surface area contributed by atoms with E-state index in [1.54, 1.807) is 6.92 Å². The fourth-order valence-electron chi connectivity index (χ4n) is 1.03. The molecule has 0 heterocycles. The van der Waals surface area contributed by atoms with Crippen molar-refractivity contribution < 1.29 is 14.0 Å². The molecule has 0 aliphatic carbocycles. The maximum absolute atomic E-state index is 13.3. The number of primary amides is 1. The summed E-state index contributed by atoms with van der Waals surface area (Å²) in [4.78, 5) is 21.6. The molecule has 1 rings (SSSR count). The summed E-state index contributed by atoms with van der Waals surface area (Å²) in [5, 5.41) is 2.47. The van der Waals surface area contributed by atoms with Gasteiger partial charge in [0.15, 0.2) is 0 Å². The van der Waals surface area contributed by atoms with Gasteiger partial charge >= 0.3 is 0 Å². The Bertz CT molecular complexity index is 435. The second-order valence-electron chi connectivity index (χ2n) is 3.16. The van der Waals surface area contributed by atoms with Crippen LogP contribution in [0.1, 0.15) is 17.3 Å². The Morgan fingerprint density at radius 3 is 2.56 bits per heavy atom. The first-order valence-electron chi connectivity index (χ1n) is 4.46. The van der Waals surface area contributed by atoms with Crippen LogP contribution >= 0.6 is 15.9 Å². The molecule has 0 radical (unpaired) electrons. The maximum atomic E-state index is 13.3. The highest BCUT2D eigenvalue weighted by atomic mass is 79.9. The average molecular weight is 289 g/mol. The van der Waals surface area contributed by atoms with E-state index in [1.807, 2.05) is 0 Å². The first-order valence-corrected chi connectivity index (χ1v) is 5.37. The van der Waals surface area contributed by atoms with Crippen LogP contribution in [-0.2, 0) is 4.79 Å². The number of benzene rings is 1. The van der Waals surface area contributed by atoms with Gasteiger partial charge in [0.05, 0.1) is 10.4 Å². The molecule has 0 aliphatic heterocycles. The topological polar surface area (TPSA) is 72.2 Å². The third-order valence-electron chi connectivity index (χ3n) is 1.86. The number of carbonyl (C=O) groups is 2. The predicted octanol–water partition coefficient (Wildman–Crippen LogP) is 1.65. The van der Waals surface area contributed by atoms with Gasteiger partial charge in [0.25, 0.3) is 5.91 Å². The first kappa shape index (κ1) is 12.6. The molecule has 2 amide bonds. The molecule has 0 unspecified atom stereocenters. The summed E-state index contributed by atoms with van der Waals surface area (Å²) in [6.07, 6.45) is 0. The van der Waals surface area contributed by atoms with Crippen molar-refractivity contribution in [3.63, 3.8) is 0 Å². The number of nitrogens with one attached hydrogen (secondary N) is 1. The minimum Gasteiger partial charge on any atom is -0.366 e. The lowest BCUT2D eigenvalue weighted by Gasteiger charge is -2.07. The first-order chi connectivity index (χ1) is 7.41. The van der Waals surface area contributed by atoms with Gasteiger partial charge in [-0.15, -0.1) is 0 Å². The number of amides is 2. The van der Waals surface area contributed by atoms with E-state index in [-0.39, 0.29) is 22.0 Å². The average Bonchev–Trinajstić information content (AvgIpc) is 2.16. The quantitative estimate of drug-likeness (QED) is 0.830. The van der Waals surface area contributed by atoms with Crippen molar-refractivity contribution >= 4 is 33.4 Å². The standard InChI is InChI=1S/C10H10BrFN2O2/c1-5(11)10(16)14-6-2-3-7(9(13)15)8(12)4-6/h2-5H,1H3,(H2,13,15)(H,14,16)/t5-/m1/s1. The van der Waals surface area contributed by atoms with Crippen molar-refractivity contribution in [3.05, 3.63) is 29.6 Å². The van der Waals surface area contributed by atoms with Crippen molar-refractivity contribution in [1.82, 2.24) is 0 Å². The van der Waals surface area contributed by atoms with E-state index in [1.165, 1.54) is 12.1 Å². The van der Waals surface area contributed by atoms with E-state index in [4.69, 9.17) is 5.73 Å². The van der Waals surface area contributed by atoms with Crippen LogP contribution in [-0.4, -0.2) is 16.6 Å². The summed E-state index contributed by atoms with van der Waals surface area (Å²) >= 11 is 3.07. The van der Waals surface area contributed by atoms with Crippen molar-refractivity contribution in [1.29, 1.82) is 0 Å². The van der Waals surface area contributed by atoms with Crippen molar-refractivity contribution in [2.75, 3.05) is 5.32 Å². The second-order valence-corrected chi connectivity index (χ2v) is 4.54. The molecular weight excluding hydrogens is 279 g/mol. The van der Waals surface area contributed by atoms with Gasteiger partial charge < -0.3 is 11.1 Å². The summed E-state index contributed by atoms with van der Waals surface area (Å²) in [6.45, 7) is 1.64. The number of anilines is 1. The van der Waals surface area contributed by atoms with Gasteiger partial charge in [0, 0.05) is 5.69 Å². The van der Waals surface area contributed by atoms with Crippen molar-refractivity contribution in [2.24, 2.45) is 5.73 Å². The maximum Gasteiger partial charge on any atom is 0.251 e. The van der Waals surface area contributed by atoms with Crippen LogP contribution in [0.25, 0.3) is 0 Å². The summed E-state index contributed by atoms with van der Waals surface area (Å²) < 4.78 is 13.3. The van der Waals surface area contributed by atoms with Gasteiger partial charge in [-0.3, -0.25) is 9.59 Å². The van der Waals surface area contributed by atoms with Crippen LogP contribution in [0, 0.1) is 5.82 Å². The molecule has 0 aliphatic rings. The molecule has 86 valence electrons. The minimum absolute atomic E-state index is 0.204. The summed E-state index contributed by atoms with van der Waals surface area (Å²) in [5.41, 5.74) is 5.01. The molecule has 3 N–H and O–H groups in total. The fourth-order valence-corrected chi connectivity index (χ4v) is 1.15. The number of carbonyl (C=O) groups excluding carboxylic acids is 2. The lowest BCUT2D eigenvalue weighted by molar-refractivity contribution is -0.115. The smallest absolute Gasteiger partial charge is 0.251 e.